The number of carboxylic acids is 1. The number of hydrogen-bond donors (Lipinski definition) is 2. The smallest absolute Gasteiger partial charge is 0.353 e. The lowest BCUT2D eigenvalue weighted by molar-refractivity contribution is 0.0690. The number of carboxylic acid groups (broad SMARTS) is 1. The Balaban J connectivity index is 1.99. The van der Waals surface area contributed by atoms with Gasteiger partial charge in [0.25, 0.3) is 0 Å². The van der Waals surface area contributed by atoms with Gasteiger partial charge < -0.3 is 9.84 Å². The van der Waals surface area contributed by atoms with Gasteiger partial charge in [-0.1, -0.05) is 11.6 Å². The van der Waals surface area contributed by atoms with E-state index in [4.69, 9.17) is 21.4 Å². The van der Waals surface area contributed by atoms with Crippen molar-refractivity contribution >= 4 is 17.6 Å². The number of halogens is 1. The molecule has 3 rings (SSSR count). The number of aromatic amines is 1. The lowest BCUT2D eigenvalue weighted by atomic mass is 10.1. The number of benzene rings is 1. The molecule has 5 nitrogen and oxygen atoms in total. The number of aromatic carboxylic acids is 1. The Morgan fingerprint density at radius 1 is 1.48 bits per heavy atom. The highest BCUT2D eigenvalue weighted by Gasteiger charge is 2.24. The van der Waals surface area contributed by atoms with Crippen molar-refractivity contribution in [1.29, 1.82) is 0 Å². The highest BCUT2D eigenvalue weighted by atomic mass is 35.5. The van der Waals surface area contributed by atoms with Gasteiger partial charge >= 0.3 is 5.97 Å². The second-order valence-electron chi connectivity index (χ2n) is 5.35. The molecule has 0 amide bonds. The van der Waals surface area contributed by atoms with Gasteiger partial charge in [-0.15, -0.1) is 0 Å². The van der Waals surface area contributed by atoms with Gasteiger partial charge in [-0.25, -0.2) is 4.79 Å². The Morgan fingerprint density at radius 2 is 2.24 bits per heavy atom. The van der Waals surface area contributed by atoms with Crippen LogP contribution in [0.4, 0.5) is 0 Å². The molecular formula is C15H15ClN2O3. The molecule has 0 unspecified atom stereocenters. The molecule has 0 spiro atoms. The van der Waals surface area contributed by atoms with E-state index in [2.05, 4.69) is 10.2 Å². The average molecular weight is 307 g/mol. The van der Waals surface area contributed by atoms with Crippen molar-refractivity contribution in [2.75, 3.05) is 6.61 Å². The van der Waals surface area contributed by atoms with Crippen LogP contribution in [0, 0.1) is 12.8 Å². The molecule has 1 saturated carbocycles. The summed E-state index contributed by atoms with van der Waals surface area (Å²) in [5.74, 6) is 0.120. The lowest BCUT2D eigenvalue weighted by Gasteiger charge is -2.12. The fourth-order valence-corrected chi connectivity index (χ4v) is 2.45. The topological polar surface area (TPSA) is 75.2 Å². The van der Waals surface area contributed by atoms with Gasteiger partial charge in [0.15, 0.2) is 0 Å². The van der Waals surface area contributed by atoms with Crippen molar-refractivity contribution in [3.8, 4) is 17.0 Å². The first-order chi connectivity index (χ1) is 10.0. The monoisotopic (exact) mass is 306 g/mol. The Hall–Kier alpha value is -2.01. The molecule has 21 heavy (non-hydrogen) atoms. The minimum absolute atomic E-state index is 0.0378. The number of rotatable bonds is 5. The van der Waals surface area contributed by atoms with Crippen LogP contribution < -0.4 is 4.74 Å². The predicted molar refractivity (Wildman–Crippen MR) is 78.9 cm³/mol. The number of aromatic nitrogens is 2. The highest BCUT2D eigenvalue weighted by Crippen LogP contribution is 2.39. The van der Waals surface area contributed by atoms with Crippen LogP contribution in [0.1, 0.15) is 28.9 Å². The van der Waals surface area contributed by atoms with E-state index in [1.165, 1.54) is 18.9 Å². The molecule has 1 aliphatic carbocycles. The van der Waals surface area contributed by atoms with E-state index in [-0.39, 0.29) is 5.69 Å². The van der Waals surface area contributed by atoms with Crippen molar-refractivity contribution in [3.63, 3.8) is 0 Å². The van der Waals surface area contributed by atoms with Crippen LogP contribution in [0.25, 0.3) is 11.3 Å². The van der Waals surface area contributed by atoms with Crippen LogP contribution in [0.2, 0.25) is 5.02 Å². The van der Waals surface area contributed by atoms with E-state index in [1.54, 1.807) is 0 Å². The van der Waals surface area contributed by atoms with Crippen molar-refractivity contribution in [2.45, 2.75) is 19.8 Å². The molecular weight excluding hydrogens is 292 g/mol. The maximum Gasteiger partial charge on any atom is 0.353 e. The first-order valence-corrected chi connectivity index (χ1v) is 7.14. The number of aryl methyl sites for hydroxylation is 1. The molecule has 0 atom stereocenters. The fraction of sp³-hybridized carbons (Fsp3) is 0.333. The maximum atomic E-state index is 11.0. The summed E-state index contributed by atoms with van der Waals surface area (Å²) in [4.78, 5) is 11.0. The first-order valence-electron chi connectivity index (χ1n) is 6.76. The van der Waals surface area contributed by atoms with Gasteiger partial charge in [0.05, 0.1) is 17.3 Å². The van der Waals surface area contributed by atoms with Crippen LogP contribution in [0.3, 0.4) is 0 Å². The summed E-state index contributed by atoms with van der Waals surface area (Å²) < 4.78 is 5.84. The third kappa shape index (κ3) is 3.03. The molecule has 0 aliphatic heterocycles. The van der Waals surface area contributed by atoms with Crippen LogP contribution in [0.15, 0.2) is 18.2 Å². The molecule has 1 aromatic carbocycles. The zero-order valence-corrected chi connectivity index (χ0v) is 12.3. The van der Waals surface area contributed by atoms with Gasteiger partial charge in [-0.2, -0.15) is 5.10 Å². The second kappa shape index (κ2) is 5.41. The zero-order chi connectivity index (χ0) is 15.0. The van der Waals surface area contributed by atoms with Gasteiger partial charge in [0.1, 0.15) is 11.4 Å². The average Bonchev–Trinajstić information content (AvgIpc) is 3.11. The number of ether oxygens (including phenoxy) is 1. The Labute approximate surface area is 126 Å². The number of H-pyrrole nitrogens is 1. The van der Waals surface area contributed by atoms with E-state index < -0.39 is 5.97 Å². The Kier molecular flexibility index (Phi) is 3.59. The molecule has 0 radical (unpaired) electrons. The molecule has 1 fully saturated rings. The lowest BCUT2D eigenvalue weighted by Crippen LogP contribution is -2.01. The third-order valence-electron chi connectivity index (χ3n) is 3.43. The van der Waals surface area contributed by atoms with Crippen molar-refractivity contribution in [1.82, 2.24) is 10.2 Å². The van der Waals surface area contributed by atoms with Gasteiger partial charge in [-0.05, 0) is 49.4 Å². The van der Waals surface area contributed by atoms with Gasteiger partial charge in [0, 0.05) is 5.56 Å². The third-order valence-corrected chi connectivity index (χ3v) is 3.71. The molecule has 2 N–H and O–H groups in total. The Morgan fingerprint density at radius 3 is 2.86 bits per heavy atom. The molecule has 1 heterocycles. The zero-order valence-electron chi connectivity index (χ0n) is 11.5. The minimum atomic E-state index is -1.05. The molecule has 1 aliphatic rings. The standard InChI is InChI=1S/C15H15ClN2O3/c1-8-4-10(12-6-13(15(19)20)18-17-12)14(11(16)5-8)21-7-9-2-3-9/h4-6,9H,2-3,7H2,1H3,(H,17,18)(H,19,20). The minimum Gasteiger partial charge on any atom is -0.491 e. The number of nitrogens with zero attached hydrogens (tertiary/aromatic N) is 1. The fourth-order valence-electron chi connectivity index (χ4n) is 2.12. The van der Waals surface area contributed by atoms with Crippen molar-refractivity contribution < 1.29 is 14.6 Å². The van der Waals surface area contributed by atoms with E-state index in [0.29, 0.717) is 34.6 Å². The van der Waals surface area contributed by atoms with E-state index in [9.17, 15) is 4.79 Å². The summed E-state index contributed by atoms with van der Waals surface area (Å²) in [6.07, 6.45) is 2.37. The van der Waals surface area contributed by atoms with Crippen LogP contribution in [-0.4, -0.2) is 27.9 Å². The molecule has 1 aromatic heterocycles. The van der Waals surface area contributed by atoms with E-state index in [1.807, 2.05) is 19.1 Å². The van der Waals surface area contributed by atoms with Gasteiger partial charge in [-0.3, -0.25) is 5.10 Å². The summed E-state index contributed by atoms with van der Waals surface area (Å²) in [5, 5.41) is 16.0. The summed E-state index contributed by atoms with van der Waals surface area (Å²) in [6.45, 7) is 2.55. The SMILES string of the molecule is Cc1cc(Cl)c(OCC2CC2)c(-c2cc(C(=O)O)[nH]n2)c1. The van der Waals surface area contributed by atoms with Crippen LogP contribution >= 0.6 is 11.6 Å². The summed E-state index contributed by atoms with van der Waals surface area (Å²) in [5.41, 5.74) is 2.23. The van der Waals surface area contributed by atoms with Crippen LogP contribution in [-0.2, 0) is 0 Å². The molecule has 0 saturated heterocycles. The summed E-state index contributed by atoms with van der Waals surface area (Å²) in [7, 11) is 0. The van der Waals surface area contributed by atoms with E-state index in [0.717, 1.165) is 5.56 Å². The first kappa shape index (κ1) is 13.9. The quantitative estimate of drug-likeness (QED) is 0.886. The molecule has 0 bridgehead atoms. The Bertz CT molecular complexity index is 692. The van der Waals surface area contributed by atoms with Crippen LogP contribution in [0.5, 0.6) is 5.75 Å². The van der Waals surface area contributed by atoms with Gasteiger partial charge in [0.2, 0.25) is 0 Å². The normalized spacial score (nSPS) is 14.2. The number of hydrogen-bond acceptors (Lipinski definition) is 3. The molecule has 2 aromatic rings. The molecule has 110 valence electrons. The second-order valence-corrected chi connectivity index (χ2v) is 5.76. The molecule has 6 heteroatoms. The summed E-state index contributed by atoms with van der Waals surface area (Å²) in [6, 6.07) is 5.21. The summed E-state index contributed by atoms with van der Waals surface area (Å²) >= 11 is 6.28. The predicted octanol–water partition coefficient (Wildman–Crippen LogP) is 3.53. The highest BCUT2D eigenvalue weighted by molar-refractivity contribution is 6.32. The van der Waals surface area contributed by atoms with Crippen molar-refractivity contribution in [2.24, 2.45) is 5.92 Å². The largest absolute Gasteiger partial charge is 0.491 e. The van der Waals surface area contributed by atoms with E-state index >= 15 is 0 Å². The number of carbonyl (C=O) groups is 1. The van der Waals surface area contributed by atoms with Crippen molar-refractivity contribution in [3.05, 3.63) is 34.5 Å². The number of nitrogens with one attached hydrogen (secondary N) is 1. The maximum absolute atomic E-state index is 11.0.